The third-order valence-corrected chi connectivity index (χ3v) is 3.13. The highest BCUT2D eigenvalue weighted by atomic mass is 16.5. The first kappa shape index (κ1) is 15.0. The van der Waals surface area contributed by atoms with Gasteiger partial charge in [-0.1, -0.05) is 39.8 Å². The van der Waals surface area contributed by atoms with Crippen LogP contribution >= 0.6 is 0 Å². The molecule has 2 heteroatoms. The summed E-state index contributed by atoms with van der Waals surface area (Å²) in [6.07, 6.45) is 2.37. The van der Waals surface area contributed by atoms with Gasteiger partial charge in [0.15, 0.2) is 0 Å². The Bertz CT molecular complexity index is 354. The number of methoxy groups -OCH3 is 1. The van der Waals surface area contributed by atoms with Crippen LogP contribution in [0.4, 0.5) is 0 Å². The summed E-state index contributed by atoms with van der Waals surface area (Å²) in [5, 5.41) is 3.57. The van der Waals surface area contributed by atoms with Crippen molar-refractivity contribution >= 4 is 0 Å². The molecule has 1 unspecified atom stereocenters. The summed E-state index contributed by atoms with van der Waals surface area (Å²) < 4.78 is 5.30. The maximum Gasteiger partial charge on any atom is 0.119 e. The molecule has 1 N–H and O–H groups in total. The van der Waals surface area contributed by atoms with E-state index in [4.69, 9.17) is 4.74 Å². The Labute approximate surface area is 112 Å². The van der Waals surface area contributed by atoms with Crippen molar-refractivity contribution in [2.24, 2.45) is 5.41 Å². The zero-order valence-corrected chi connectivity index (χ0v) is 12.4. The molecule has 0 aromatic heterocycles. The van der Waals surface area contributed by atoms with Gasteiger partial charge >= 0.3 is 0 Å². The van der Waals surface area contributed by atoms with Gasteiger partial charge in [-0.05, 0) is 42.5 Å². The van der Waals surface area contributed by atoms with Crippen LogP contribution < -0.4 is 10.1 Å². The van der Waals surface area contributed by atoms with E-state index in [2.05, 4.69) is 51.2 Å². The first-order valence-electron chi connectivity index (χ1n) is 6.83. The molecule has 1 aromatic rings. The van der Waals surface area contributed by atoms with Crippen LogP contribution in [-0.4, -0.2) is 13.7 Å². The highest BCUT2D eigenvalue weighted by Crippen LogP contribution is 2.28. The lowest BCUT2D eigenvalue weighted by Crippen LogP contribution is -2.22. The summed E-state index contributed by atoms with van der Waals surface area (Å²) in [5.41, 5.74) is 1.70. The molecule has 18 heavy (non-hydrogen) atoms. The van der Waals surface area contributed by atoms with Gasteiger partial charge < -0.3 is 10.1 Å². The van der Waals surface area contributed by atoms with Crippen molar-refractivity contribution in [1.82, 2.24) is 5.32 Å². The molecule has 0 fully saturated rings. The highest BCUT2D eigenvalue weighted by molar-refractivity contribution is 5.30. The van der Waals surface area contributed by atoms with Crippen LogP contribution in [0.1, 0.15) is 52.1 Å². The minimum atomic E-state index is 0.381. The van der Waals surface area contributed by atoms with Crippen molar-refractivity contribution in [3.8, 4) is 5.75 Å². The van der Waals surface area contributed by atoms with Gasteiger partial charge in [0.1, 0.15) is 5.75 Å². The Morgan fingerprint density at radius 3 is 2.56 bits per heavy atom. The van der Waals surface area contributed by atoms with Crippen LogP contribution in [-0.2, 0) is 0 Å². The minimum absolute atomic E-state index is 0.381. The number of benzene rings is 1. The number of nitrogens with one attached hydrogen (secondary N) is 1. The lowest BCUT2D eigenvalue weighted by molar-refractivity contribution is 0.333. The topological polar surface area (TPSA) is 21.3 Å². The fourth-order valence-electron chi connectivity index (χ4n) is 2.07. The Morgan fingerprint density at radius 1 is 1.28 bits per heavy atom. The number of rotatable bonds is 6. The SMILES string of the molecule is CCNC(CCC(C)(C)C)c1cccc(OC)c1. The van der Waals surface area contributed by atoms with E-state index >= 15 is 0 Å². The molecular formula is C16H27NO. The second kappa shape index (κ2) is 6.79. The predicted octanol–water partition coefficient (Wildman–Crippen LogP) is 4.17. The van der Waals surface area contributed by atoms with Crippen molar-refractivity contribution in [2.75, 3.05) is 13.7 Å². The lowest BCUT2D eigenvalue weighted by Gasteiger charge is -2.24. The van der Waals surface area contributed by atoms with E-state index in [9.17, 15) is 0 Å². The van der Waals surface area contributed by atoms with Crippen LogP contribution in [0.5, 0.6) is 5.75 Å². The average Bonchev–Trinajstić information content (AvgIpc) is 2.33. The normalized spacial score (nSPS) is 13.4. The average molecular weight is 249 g/mol. The van der Waals surface area contributed by atoms with Gasteiger partial charge in [0.2, 0.25) is 0 Å². The summed E-state index contributed by atoms with van der Waals surface area (Å²) in [4.78, 5) is 0. The summed E-state index contributed by atoms with van der Waals surface area (Å²) in [6.45, 7) is 10.0. The van der Waals surface area contributed by atoms with E-state index in [1.165, 1.54) is 12.0 Å². The molecule has 0 amide bonds. The van der Waals surface area contributed by atoms with E-state index < -0.39 is 0 Å². The van der Waals surface area contributed by atoms with Gasteiger partial charge in [0.05, 0.1) is 7.11 Å². The monoisotopic (exact) mass is 249 g/mol. The van der Waals surface area contributed by atoms with Gasteiger partial charge in [-0.2, -0.15) is 0 Å². The standard InChI is InChI=1S/C16H27NO/c1-6-17-15(10-11-16(2,3)4)13-8-7-9-14(12-13)18-5/h7-9,12,15,17H,6,10-11H2,1-5H3. The molecule has 1 atom stereocenters. The van der Waals surface area contributed by atoms with Crippen molar-refractivity contribution in [3.05, 3.63) is 29.8 Å². The molecule has 0 aliphatic rings. The summed E-state index contributed by atoms with van der Waals surface area (Å²) >= 11 is 0. The number of hydrogen-bond acceptors (Lipinski definition) is 2. The van der Waals surface area contributed by atoms with Crippen molar-refractivity contribution in [2.45, 2.75) is 46.6 Å². The first-order valence-corrected chi connectivity index (χ1v) is 6.83. The maximum atomic E-state index is 5.30. The van der Waals surface area contributed by atoms with Crippen LogP contribution in [0.2, 0.25) is 0 Å². The number of hydrogen-bond donors (Lipinski definition) is 1. The molecule has 102 valence electrons. The molecule has 0 saturated heterocycles. The fraction of sp³-hybridized carbons (Fsp3) is 0.625. The molecule has 2 nitrogen and oxygen atoms in total. The molecule has 0 heterocycles. The predicted molar refractivity (Wildman–Crippen MR) is 78.1 cm³/mol. The van der Waals surface area contributed by atoms with E-state index in [-0.39, 0.29) is 0 Å². The van der Waals surface area contributed by atoms with Crippen LogP contribution in [0.3, 0.4) is 0 Å². The van der Waals surface area contributed by atoms with Gasteiger partial charge in [-0.25, -0.2) is 0 Å². The Morgan fingerprint density at radius 2 is 2.00 bits per heavy atom. The summed E-state index contributed by atoms with van der Waals surface area (Å²) in [5.74, 6) is 0.936. The second-order valence-corrected chi connectivity index (χ2v) is 5.99. The zero-order valence-electron chi connectivity index (χ0n) is 12.4. The van der Waals surface area contributed by atoms with Gasteiger partial charge in [0, 0.05) is 6.04 Å². The zero-order chi connectivity index (χ0) is 13.6. The smallest absolute Gasteiger partial charge is 0.119 e. The molecule has 0 bridgehead atoms. The van der Waals surface area contributed by atoms with Gasteiger partial charge in [-0.15, -0.1) is 0 Å². The molecular weight excluding hydrogens is 222 g/mol. The van der Waals surface area contributed by atoms with Gasteiger partial charge in [0.25, 0.3) is 0 Å². The molecule has 1 rings (SSSR count). The third-order valence-electron chi connectivity index (χ3n) is 3.13. The highest BCUT2D eigenvalue weighted by Gasteiger charge is 2.16. The van der Waals surface area contributed by atoms with Crippen LogP contribution in [0.15, 0.2) is 24.3 Å². The summed E-state index contributed by atoms with van der Waals surface area (Å²) in [6, 6.07) is 8.80. The molecule has 0 aliphatic carbocycles. The van der Waals surface area contributed by atoms with Crippen molar-refractivity contribution in [1.29, 1.82) is 0 Å². The largest absolute Gasteiger partial charge is 0.497 e. The first-order chi connectivity index (χ1) is 8.46. The number of ether oxygens (including phenoxy) is 1. The second-order valence-electron chi connectivity index (χ2n) is 5.99. The van der Waals surface area contributed by atoms with Crippen molar-refractivity contribution in [3.63, 3.8) is 0 Å². The minimum Gasteiger partial charge on any atom is -0.497 e. The molecule has 1 aromatic carbocycles. The van der Waals surface area contributed by atoms with E-state index in [0.717, 1.165) is 18.7 Å². The molecule has 0 spiro atoms. The Balaban J connectivity index is 2.76. The quantitative estimate of drug-likeness (QED) is 0.817. The van der Waals surface area contributed by atoms with Crippen molar-refractivity contribution < 1.29 is 4.74 Å². The molecule has 0 radical (unpaired) electrons. The van der Waals surface area contributed by atoms with Crippen LogP contribution in [0.25, 0.3) is 0 Å². The molecule has 0 saturated carbocycles. The maximum absolute atomic E-state index is 5.30. The third kappa shape index (κ3) is 5.09. The molecule has 0 aliphatic heterocycles. The fourth-order valence-corrected chi connectivity index (χ4v) is 2.07. The lowest BCUT2D eigenvalue weighted by atomic mass is 9.87. The van der Waals surface area contributed by atoms with Gasteiger partial charge in [-0.3, -0.25) is 0 Å². The summed E-state index contributed by atoms with van der Waals surface area (Å²) in [7, 11) is 1.72. The van der Waals surface area contributed by atoms with E-state index in [0.29, 0.717) is 11.5 Å². The Kier molecular flexibility index (Phi) is 5.67. The van der Waals surface area contributed by atoms with Crippen LogP contribution in [0, 0.1) is 5.41 Å². The Hall–Kier alpha value is -1.02. The van der Waals surface area contributed by atoms with E-state index in [1.54, 1.807) is 7.11 Å². The van der Waals surface area contributed by atoms with E-state index in [1.807, 2.05) is 6.07 Å².